The molecule has 0 radical (unpaired) electrons. The Morgan fingerprint density at radius 1 is 1.12 bits per heavy atom. The Morgan fingerprint density at radius 2 is 1.84 bits per heavy atom. The average Bonchev–Trinajstić information content (AvgIpc) is 2.80. The molecular formula is C24H18BrN3O4. The lowest BCUT2D eigenvalue weighted by Gasteiger charge is -2.13. The summed E-state index contributed by atoms with van der Waals surface area (Å²) in [6.07, 6.45) is 0.409. The Bertz CT molecular complexity index is 1380. The second-order valence-corrected chi connectivity index (χ2v) is 7.88. The Balaban J connectivity index is 1.86. The fraction of sp³-hybridized carbons (Fsp3) is 0.0833. The zero-order valence-electron chi connectivity index (χ0n) is 17.0. The maximum absolute atomic E-state index is 13.3. The molecule has 1 aromatic heterocycles. The van der Waals surface area contributed by atoms with Crippen molar-refractivity contribution in [2.75, 3.05) is 0 Å². The molecule has 0 amide bonds. The Kier molecular flexibility index (Phi) is 6.13. The molecule has 0 saturated carbocycles. The molecule has 3 aromatic carbocycles. The van der Waals surface area contributed by atoms with Gasteiger partial charge in [-0.1, -0.05) is 58.4 Å². The fourth-order valence-electron chi connectivity index (χ4n) is 3.09. The van der Waals surface area contributed by atoms with Crippen LogP contribution < -0.4 is 10.3 Å². The van der Waals surface area contributed by atoms with E-state index in [0.717, 1.165) is 10.0 Å². The van der Waals surface area contributed by atoms with Crippen molar-refractivity contribution in [1.82, 2.24) is 9.66 Å². The molecule has 0 spiro atoms. The maximum Gasteiger partial charge on any atom is 0.344 e. The first-order valence-corrected chi connectivity index (χ1v) is 10.5. The van der Waals surface area contributed by atoms with Crippen molar-refractivity contribution in [2.24, 2.45) is 5.10 Å². The third-order valence-corrected chi connectivity index (χ3v) is 5.21. The van der Waals surface area contributed by atoms with Crippen LogP contribution >= 0.6 is 15.9 Å². The number of para-hydroxylation sites is 1. The van der Waals surface area contributed by atoms with Crippen molar-refractivity contribution < 1.29 is 14.6 Å². The molecule has 1 atom stereocenters. The quantitative estimate of drug-likeness (QED) is 0.399. The van der Waals surface area contributed by atoms with Crippen LogP contribution in [0.25, 0.3) is 22.3 Å². The highest BCUT2D eigenvalue weighted by atomic mass is 79.9. The van der Waals surface area contributed by atoms with E-state index in [-0.39, 0.29) is 5.56 Å². The Labute approximate surface area is 191 Å². The molecule has 4 aromatic rings. The zero-order chi connectivity index (χ0) is 22.7. The molecule has 4 rings (SSSR count). The van der Waals surface area contributed by atoms with Crippen molar-refractivity contribution in [3.05, 3.63) is 93.2 Å². The number of carbonyl (C=O) groups is 1. The summed E-state index contributed by atoms with van der Waals surface area (Å²) in [6, 6.07) is 21.5. The van der Waals surface area contributed by atoms with Crippen LogP contribution in [0.4, 0.5) is 0 Å². The summed E-state index contributed by atoms with van der Waals surface area (Å²) in [6.45, 7) is 1.44. The van der Waals surface area contributed by atoms with E-state index in [2.05, 4.69) is 26.0 Å². The number of rotatable bonds is 6. The van der Waals surface area contributed by atoms with Gasteiger partial charge in [0.1, 0.15) is 5.75 Å². The van der Waals surface area contributed by atoms with Gasteiger partial charge in [0.15, 0.2) is 11.9 Å². The molecule has 0 aliphatic carbocycles. The van der Waals surface area contributed by atoms with Gasteiger partial charge >= 0.3 is 5.97 Å². The summed E-state index contributed by atoms with van der Waals surface area (Å²) in [5, 5.41) is 14.0. The number of carboxylic acid groups (broad SMARTS) is 1. The summed E-state index contributed by atoms with van der Waals surface area (Å²) in [5.74, 6) is -0.367. The first kappa shape index (κ1) is 21.5. The molecule has 0 aliphatic heterocycles. The standard InChI is InChI=1S/C24H18BrN3O4/c1-15(24(30)31)32-21-12-11-18(25)13-17(21)14-26-28-22(16-7-3-2-4-8-16)27-20-10-6-5-9-19(20)23(28)29/h2-15H,1H3,(H,30,31)/t15-/m1/s1. The van der Waals surface area contributed by atoms with E-state index in [0.29, 0.717) is 28.0 Å². The van der Waals surface area contributed by atoms with Gasteiger partial charge in [-0.25, -0.2) is 9.78 Å². The SMILES string of the molecule is C[C@@H](Oc1ccc(Br)cc1C=Nn1c(-c2ccccc2)nc2ccccc2c1=O)C(=O)O. The Morgan fingerprint density at radius 3 is 2.59 bits per heavy atom. The van der Waals surface area contributed by atoms with Gasteiger partial charge in [0.05, 0.1) is 17.1 Å². The molecule has 1 N–H and O–H groups in total. The van der Waals surface area contributed by atoms with E-state index in [1.165, 1.54) is 17.8 Å². The highest BCUT2D eigenvalue weighted by molar-refractivity contribution is 9.10. The lowest BCUT2D eigenvalue weighted by Crippen LogP contribution is -2.23. The predicted octanol–water partition coefficient (Wildman–Crippen LogP) is 4.56. The number of halogens is 1. The number of hydrogen-bond donors (Lipinski definition) is 1. The minimum absolute atomic E-state index is 0.318. The van der Waals surface area contributed by atoms with Crippen molar-refractivity contribution in [3.8, 4) is 17.1 Å². The van der Waals surface area contributed by atoms with Crippen LogP contribution in [0.15, 0.2) is 87.2 Å². The molecule has 1 heterocycles. The van der Waals surface area contributed by atoms with Crippen LogP contribution in [0.3, 0.4) is 0 Å². The van der Waals surface area contributed by atoms with Crippen LogP contribution in [0, 0.1) is 0 Å². The van der Waals surface area contributed by atoms with E-state index >= 15 is 0 Å². The highest BCUT2D eigenvalue weighted by Gasteiger charge is 2.15. The number of nitrogens with zero attached hydrogens (tertiary/aromatic N) is 3. The van der Waals surface area contributed by atoms with Gasteiger partial charge in [0, 0.05) is 15.6 Å². The third kappa shape index (κ3) is 4.45. The minimum Gasteiger partial charge on any atom is -0.479 e. The van der Waals surface area contributed by atoms with E-state index in [4.69, 9.17) is 4.74 Å². The van der Waals surface area contributed by atoms with E-state index in [1.54, 1.807) is 36.4 Å². The predicted molar refractivity (Wildman–Crippen MR) is 126 cm³/mol. The topological polar surface area (TPSA) is 93.8 Å². The monoisotopic (exact) mass is 491 g/mol. The molecular weight excluding hydrogens is 474 g/mol. The highest BCUT2D eigenvalue weighted by Crippen LogP contribution is 2.24. The van der Waals surface area contributed by atoms with E-state index < -0.39 is 12.1 Å². The van der Waals surface area contributed by atoms with Crippen LogP contribution in [-0.2, 0) is 4.79 Å². The van der Waals surface area contributed by atoms with Gasteiger partial charge in [-0.05, 0) is 37.3 Å². The molecule has 0 fully saturated rings. The number of hydrogen-bond acceptors (Lipinski definition) is 5. The van der Waals surface area contributed by atoms with Crippen LogP contribution in [-0.4, -0.2) is 33.1 Å². The molecule has 0 saturated heterocycles. The summed E-state index contributed by atoms with van der Waals surface area (Å²) < 4.78 is 7.54. The fourth-order valence-corrected chi connectivity index (χ4v) is 3.47. The van der Waals surface area contributed by atoms with Gasteiger partial charge in [0.2, 0.25) is 0 Å². The lowest BCUT2D eigenvalue weighted by atomic mass is 10.2. The van der Waals surface area contributed by atoms with Crippen molar-refractivity contribution in [3.63, 3.8) is 0 Å². The number of aromatic nitrogens is 2. The average molecular weight is 492 g/mol. The van der Waals surface area contributed by atoms with Gasteiger partial charge in [-0.3, -0.25) is 4.79 Å². The molecule has 160 valence electrons. The summed E-state index contributed by atoms with van der Waals surface area (Å²) in [5.41, 5.74) is 1.50. The molecule has 7 nitrogen and oxygen atoms in total. The normalized spacial score (nSPS) is 12.2. The first-order chi connectivity index (χ1) is 15.4. The van der Waals surface area contributed by atoms with Gasteiger partial charge in [0.25, 0.3) is 5.56 Å². The summed E-state index contributed by atoms with van der Waals surface area (Å²) >= 11 is 3.40. The van der Waals surface area contributed by atoms with Crippen molar-refractivity contribution >= 4 is 39.0 Å². The van der Waals surface area contributed by atoms with E-state index in [9.17, 15) is 14.7 Å². The molecule has 0 unspecified atom stereocenters. The van der Waals surface area contributed by atoms with Gasteiger partial charge in [-0.15, -0.1) is 0 Å². The second-order valence-electron chi connectivity index (χ2n) is 6.96. The second kappa shape index (κ2) is 9.15. The first-order valence-electron chi connectivity index (χ1n) is 9.74. The van der Waals surface area contributed by atoms with Crippen molar-refractivity contribution in [1.29, 1.82) is 0 Å². The van der Waals surface area contributed by atoms with Crippen LogP contribution in [0.1, 0.15) is 12.5 Å². The van der Waals surface area contributed by atoms with Gasteiger partial charge < -0.3 is 9.84 Å². The molecule has 8 heteroatoms. The van der Waals surface area contributed by atoms with Crippen LogP contribution in [0.2, 0.25) is 0 Å². The largest absolute Gasteiger partial charge is 0.479 e. The lowest BCUT2D eigenvalue weighted by molar-refractivity contribution is -0.144. The Hall–Kier alpha value is -3.78. The summed E-state index contributed by atoms with van der Waals surface area (Å²) in [4.78, 5) is 29.1. The van der Waals surface area contributed by atoms with Crippen molar-refractivity contribution in [2.45, 2.75) is 13.0 Å². The zero-order valence-corrected chi connectivity index (χ0v) is 18.6. The number of carboxylic acids is 1. The van der Waals surface area contributed by atoms with Crippen LogP contribution in [0.5, 0.6) is 5.75 Å². The number of benzene rings is 3. The number of fused-ring (bicyclic) bond motifs is 1. The number of aliphatic carboxylic acids is 1. The van der Waals surface area contributed by atoms with Gasteiger partial charge in [-0.2, -0.15) is 9.78 Å². The maximum atomic E-state index is 13.3. The summed E-state index contributed by atoms with van der Waals surface area (Å²) in [7, 11) is 0. The third-order valence-electron chi connectivity index (χ3n) is 4.72. The number of ether oxygens (including phenoxy) is 1. The van der Waals surface area contributed by atoms with E-state index in [1.807, 2.05) is 36.4 Å². The molecule has 0 bridgehead atoms. The molecule has 32 heavy (non-hydrogen) atoms. The molecule has 0 aliphatic rings. The smallest absolute Gasteiger partial charge is 0.344 e. The minimum atomic E-state index is -1.09.